The van der Waals surface area contributed by atoms with Gasteiger partial charge in [-0.3, -0.25) is 4.79 Å². The minimum atomic E-state index is -0.809. The van der Waals surface area contributed by atoms with E-state index in [2.05, 4.69) is 19.1 Å². The average molecular weight is 477 g/mol. The van der Waals surface area contributed by atoms with Crippen LogP contribution >= 0.6 is 0 Å². The van der Waals surface area contributed by atoms with Crippen molar-refractivity contribution in [1.82, 2.24) is 0 Å². The third-order valence-corrected chi connectivity index (χ3v) is 5.82. The summed E-state index contributed by atoms with van der Waals surface area (Å²) in [6.07, 6.45) is 20.3. The van der Waals surface area contributed by atoms with Crippen LogP contribution in [0.15, 0.2) is 36.4 Å². The highest BCUT2D eigenvalue weighted by atomic mass is 16.5. The molecule has 0 amide bonds. The van der Waals surface area contributed by atoms with Crippen LogP contribution in [-0.4, -0.2) is 37.5 Å². The van der Waals surface area contributed by atoms with E-state index in [1.807, 2.05) is 24.3 Å². The number of methoxy groups -OCH3 is 1. The Kier molecular flexibility index (Phi) is 19.2. The van der Waals surface area contributed by atoms with E-state index in [4.69, 9.17) is 14.2 Å². The molecule has 1 atom stereocenters. The highest BCUT2D eigenvalue weighted by Crippen LogP contribution is 2.12. The Hall–Kier alpha value is -1.85. The molecule has 0 heterocycles. The second kappa shape index (κ2) is 21.7. The molecule has 1 unspecified atom stereocenters. The fourth-order valence-corrected chi connectivity index (χ4v) is 3.68. The maximum atomic E-state index is 11.8. The lowest BCUT2D eigenvalue weighted by molar-refractivity contribution is -0.148. The van der Waals surface area contributed by atoms with E-state index in [0.29, 0.717) is 13.0 Å². The number of aliphatic hydroxyl groups is 1. The predicted molar refractivity (Wildman–Crippen MR) is 139 cm³/mol. The van der Waals surface area contributed by atoms with Gasteiger partial charge < -0.3 is 19.3 Å². The molecule has 0 saturated heterocycles. The van der Waals surface area contributed by atoms with Crippen molar-refractivity contribution in [1.29, 1.82) is 0 Å². The van der Waals surface area contributed by atoms with Gasteiger partial charge in [-0.05, 0) is 49.8 Å². The minimum absolute atomic E-state index is 0.0213. The lowest BCUT2D eigenvalue weighted by Gasteiger charge is -2.12. The topological polar surface area (TPSA) is 65.0 Å². The van der Waals surface area contributed by atoms with Gasteiger partial charge in [0.15, 0.2) is 0 Å². The number of rotatable bonds is 22. The lowest BCUT2D eigenvalue weighted by Crippen LogP contribution is -2.23. The van der Waals surface area contributed by atoms with Crippen molar-refractivity contribution in [2.24, 2.45) is 0 Å². The lowest BCUT2D eigenvalue weighted by atomic mass is 10.1. The van der Waals surface area contributed by atoms with E-state index >= 15 is 0 Å². The molecule has 0 aliphatic rings. The van der Waals surface area contributed by atoms with Crippen LogP contribution in [0.25, 0.3) is 0 Å². The number of ether oxygens (including phenoxy) is 3. The van der Waals surface area contributed by atoms with Gasteiger partial charge in [-0.15, -0.1) is 0 Å². The number of allylic oxidation sites excluding steroid dienone is 2. The van der Waals surface area contributed by atoms with Gasteiger partial charge >= 0.3 is 5.97 Å². The summed E-state index contributed by atoms with van der Waals surface area (Å²) in [5, 5.41) is 9.93. The first-order valence-corrected chi connectivity index (χ1v) is 13.3. The number of aliphatic hydroxyl groups excluding tert-OH is 1. The molecule has 5 heteroatoms. The molecule has 0 spiro atoms. The molecular formula is C29H48O5. The summed E-state index contributed by atoms with van der Waals surface area (Å²) in [5.74, 6) is 0.550. The highest BCUT2D eigenvalue weighted by Gasteiger charge is 2.09. The van der Waals surface area contributed by atoms with Gasteiger partial charge in [0.1, 0.15) is 18.5 Å². The van der Waals surface area contributed by atoms with Crippen LogP contribution in [0.5, 0.6) is 5.75 Å². The van der Waals surface area contributed by atoms with Crippen LogP contribution in [0.4, 0.5) is 0 Å². The summed E-state index contributed by atoms with van der Waals surface area (Å²) in [6, 6.07) is 7.57. The molecule has 34 heavy (non-hydrogen) atoms. The van der Waals surface area contributed by atoms with Gasteiger partial charge in [-0.1, -0.05) is 82.6 Å². The smallest absolute Gasteiger partial charge is 0.305 e. The molecule has 1 aromatic rings. The van der Waals surface area contributed by atoms with Crippen LogP contribution in [0.1, 0.15) is 102 Å². The first kappa shape index (κ1) is 30.2. The third-order valence-electron chi connectivity index (χ3n) is 5.82. The number of hydrogen-bond donors (Lipinski definition) is 1. The molecular weight excluding hydrogens is 428 g/mol. The van der Waals surface area contributed by atoms with Crippen LogP contribution in [-0.2, 0) is 20.9 Å². The SMILES string of the molecule is CCCCCCCC/C=C\CCCCCCCC(=O)OCC(O)COCc1ccc(OC)cc1. The van der Waals surface area contributed by atoms with Crippen LogP contribution in [0.2, 0.25) is 0 Å². The van der Waals surface area contributed by atoms with Gasteiger partial charge in [0.05, 0.1) is 20.3 Å². The van der Waals surface area contributed by atoms with E-state index < -0.39 is 6.10 Å². The van der Waals surface area contributed by atoms with E-state index in [1.54, 1.807) is 7.11 Å². The second-order valence-corrected chi connectivity index (χ2v) is 9.03. The normalized spacial score (nSPS) is 12.2. The zero-order valence-corrected chi connectivity index (χ0v) is 21.6. The molecule has 0 saturated carbocycles. The van der Waals surface area contributed by atoms with Gasteiger partial charge in [0, 0.05) is 6.42 Å². The highest BCUT2D eigenvalue weighted by molar-refractivity contribution is 5.69. The van der Waals surface area contributed by atoms with Gasteiger partial charge in [0.2, 0.25) is 0 Å². The summed E-state index contributed by atoms with van der Waals surface area (Å²) in [5.41, 5.74) is 0.995. The summed E-state index contributed by atoms with van der Waals surface area (Å²) >= 11 is 0. The molecule has 0 aromatic heterocycles. The molecule has 0 fully saturated rings. The fraction of sp³-hybridized carbons (Fsp3) is 0.690. The van der Waals surface area contributed by atoms with Crippen molar-refractivity contribution in [3.05, 3.63) is 42.0 Å². The largest absolute Gasteiger partial charge is 0.497 e. The summed E-state index contributed by atoms with van der Waals surface area (Å²) in [7, 11) is 1.63. The standard InChI is InChI=1S/C29H48O5/c1-3-4-5-6-7-8-9-10-11-12-13-14-15-16-17-18-29(31)34-25-27(30)24-33-23-26-19-21-28(32-2)22-20-26/h10-11,19-22,27,30H,3-9,12-18,23-25H2,1-2H3/b11-10-. The second-order valence-electron chi connectivity index (χ2n) is 9.03. The van der Waals surface area contributed by atoms with E-state index in [0.717, 1.165) is 37.0 Å². The van der Waals surface area contributed by atoms with E-state index in [9.17, 15) is 9.90 Å². The maximum Gasteiger partial charge on any atom is 0.305 e. The quantitative estimate of drug-likeness (QED) is 0.109. The third kappa shape index (κ3) is 17.6. The van der Waals surface area contributed by atoms with Crippen molar-refractivity contribution in [2.75, 3.05) is 20.3 Å². The molecule has 1 N–H and O–H groups in total. The molecule has 0 bridgehead atoms. The Morgan fingerprint density at radius 2 is 1.44 bits per heavy atom. The van der Waals surface area contributed by atoms with Crippen molar-refractivity contribution >= 4 is 5.97 Å². The molecule has 194 valence electrons. The molecule has 1 rings (SSSR count). The van der Waals surface area contributed by atoms with Gasteiger partial charge in [0.25, 0.3) is 0 Å². The molecule has 0 aliphatic carbocycles. The Balaban J connectivity index is 1.88. The number of carbonyl (C=O) groups is 1. The van der Waals surface area contributed by atoms with Crippen molar-refractivity contribution < 1.29 is 24.1 Å². The molecule has 0 radical (unpaired) electrons. The fourth-order valence-electron chi connectivity index (χ4n) is 3.68. The monoisotopic (exact) mass is 476 g/mol. The minimum Gasteiger partial charge on any atom is -0.497 e. The Bertz CT molecular complexity index is 626. The predicted octanol–water partition coefficient (Wildman–Crippen LogP) is 7.15. The van der Waals surface area contributed by atoms with Crippen LogP contribution < -0.4 is 4.74 Å². The Labute approximate surface area is 207 Å². The van der Waals surface area contributed by atoms with Gasteiger partial charge in [-0.2, -0.15) is 0 Å². The zero-order chi connectivity index (χ0) is 24.7. The molecule has 1 aromatic carbocycles. The van der Waals surface area contributed by atoms with Crippen molar-refractivity contribution in [2.45, 2.75) is 110 Å². The van der Waals surface area contributed by atoms with Gasteiger partial charge in [-0.25, -0.2) is 0 Å². The Morgan fingerprint density at radius 3 is 2.06 bits per heavy atom. The number of benzene rings is 1. The first-order chi connectivity index (χ1) is 16.7. The number of esters is 1. The van der Waals surface area contributed by atoms with Crippen molar-refractivity contribution in [3.8, 4) is 5.75 Å². The summed E-state index contributed by atoms with van der Waals surface area (Å²) < 4.78 is 15.8. The molecule has 5 nitrogen and oxygen atoms in total. The summed E-state index contributed by atoms with van der Waals surface area (Å²) in [6.45, 7) is 2.76. The first-order valence-electron chi connectivity index (χ1n) is 13.3. The number of carbonyl (C=O) groups excluding carboxylic acids is 1. The van der Waals surface area contributed by atoms with Crippen molar-refractivity contribution in [3.63, 3.8) is 0 Å². The molecule has 0 aliphatic heterocycles. The summed E-state index contributed by atoms with van der Waals surface area (Å²) in [4.78, 5) is 11.8. The average Bonchev–Trinajstić information content (AvgIpc) is 2.85. The van der Waals surface area contributed by atoms with E-state index in [-0.39, 0.29) is 19.2 Å². The van der Waals surface area contributed by atoms with Crippen LogP contribution in [0, 0.1) is 0 Å². The van der Waals surface area contributed by atoms with Crippen LogP contribution in [0.3, 0.4) is 0 Å². The Morgan fingerprint density at radius 1 is 0.853 bits per heavy atom. The zero-order valence-electron chi connectivity index (χ0n) is 21.6. The van der Waals surface area contributed by atoms with E-state index in [1.165, 1.54) is 57.8 Å². The number of unbranched alkanes of at least 4 members (excludes halogenated alkanes) is 11. The maximum absolute atomic E-state index is 11.8. The number of hydrogen-bond acceptors (Lipinski definition) is 5.